The Labute approximate surface area is 154 Å². The van der Waals surface area contributed by atoms with Crippen LogP contribution in [0.15, 0.2) is 0 Å². The van der Waals surface area contributed by atoms with E-state index in [-0.39, 0.29) is 23.8 Å². The van der Waals surface area contributed by atoms with Crippen molar-refractivity contribution in [2.24, 2.45) is 5.92 Å². The highest BCUT2D eigenvalue weighted by atomic mass is 32.1. The van der Waals surface area contributed by atoms with Crippen molar-refractivity contribution in [3.05, 3.63) is 37.5 Å². The number of nitrogens with one attached hydrogen (secondary N) is 1. The summed E-state index contributed by atoms with van der Waals surface area (Å²) < 4.78 is 1.32. The van der Waals surface area contributed by atoms with Crippen LogP contribution in [0, 0.1) is 41.2 Å². The monoisotopic (exact) mass is 373 g/mol. The van der Waals surface area contributed by atoms with Crippen LogP contribution >= 0.6 is 11.3 Å². The average molecular weight is 373 g/mol. The molecule has 0 saturated heterocycles. The Morgan fingerprint density at radius 1 is 1.54 bits per heavy atom. The molecule has 1 N–H and O–H groups in total. The van der Waals surface area contributed by atoms with Crippen LogP contribution in [0.1, 0.15) is 40.7 Å². The topological polar surface area (TPSA) is 114 Å². The Morgan fingerprint density at radius 2 is 2.27 bits per heavy atom. The maximum atomic E-state index is 12.4. The minimum Gasteiger partial charge on any atom is -0.315 e. The summed E-state index contributed by atoms with van der Waals surface area (Å²) in [5, 5.41) is 28.0. The van der Waals surface area contributed by atoms with Crippen molar-refractivity contribution >= 4 is 27.9 Å². The minimum absolute atomic E-state index is 0.0731. The zero-order chi connectivity index (χ0) is 19.0. The maximum absolute atomic E-state index is 12.4. The van der Waals surface area contributed by atoms with Gasteiger partial charge in [0.1, 0.15) is 29.0 Å². The molecule has 3 rings (SSSR count). The van der Waals surface area contributed by atoms with E-state index in [9.17, 15) is 20.2 Å². The Morgan fingerprint density at radius 3 is 2.88 bits per heavy atom. The average Bonchev–Trinajstić information content (AvgIpc) is 3.03. The van der Waals surface area contributed by atoms with Gasteiger partial charge in [0, 0.05) is 4.88 Å². The molecule has 0 fully saturated rings. The number of carbonyl (C=O) groups is 1. The van der Waals surface area contributed by atoms with Gasteiger partial charge in [-0.1, -0.05) is 6.92 Å². The van der Waals surface area contributed by atoms with Crippen LogP contribution < -0.4 is 5.32 Å². The van der Waals surface area contributed by atoms with E-state index < -0.39 is 4.92 Å². The Balaban J connectivity index is 1.81. The lowest BCUT2D eigenvalue weighted by molar-refractivity contribution is -0.386. The zero-order valence-electron chi connectivity index (χ0n) is 14.8. The molecule has 0 spiro atoms. The molecule has 1 atom stereocenters. The van der Waals surface area contributed by atoms with E-state index in [4.69, 9.17) is 0 Å². The summed E-state index contributed by atoms with van der Waals surface area (Å²) in [6.45, 7) is 5.16. The molecule has 8 nitrogen and oxygen atoms in total. The summed E-state index contributed by atoms with van der Waals surface area (Å²) in [5.74, 6) is 0.222. The molecule has 1 aliphatic rings. The predicted octanol–water partition coefficient (Wildman–Crippen LogP) is 3.10. The third-order valence-corrected chi connectivity index (χ3v) is 5.87. The van der Waals surface area contributed by atoms with Crippen molar-refractivity contribution < 1.29 is 9.72 Å². The molecule has 1 amide bonds. The first-order valence-electron chi connectivity index (χ1n) is 8.34. The molecule has 0 aromatic carbocycles. The SMILES string of the molecule is Cc1nn(CC(=O)Nc2sc3c(c2C#N)CCC(C)C3)c(C)c1[N+](=O)[O-]. The second-order valence-corrected chi connectivity index (χ2v) is 7.76. The van der Waals surface area contributed by atoms with Gasteiger partial charge in [0.15, 0.2) is 0 Å². The third-order valence-electron chi connectivity index (χ3n) is 4.70. The van der Waals surface area contributed by atoms with E-state index in [0.29, 0.717) is 22.2 Å². The number of nitrogens with zero attached hydrogens (tertiary/aromatic N) is 4. The number of fused-ring (bicyclic) bond motifs is 1. The predicted molar refractivity (Wildman–Crippen MR) is 97.2 cm³/mol. The number of hydrogen-bond donors (Lipinski definition) is 1. The van der Waals surface area contributed by atoms with Crippen molar-refractivity contribution in [2.75, 3.05) is 5.32 Å². The Hall–Kier alpha value is -2.73. The van der Waals surface area contributed by atoms with Gasteiger partial charge in [-0.15, -0.1) is 11.3 Å². The smallest absolute Gasteiger partial charge is 0.312 e. The largest absolute Gasteiger partial charge is 0.315 e. The first-order chi connectivity index (χ1) is 12.3. The number of nitro groups is 1. The molecule has 2 aromatic heterocycles. The molecule has 2 aromatic rings. The van der Waals surface area contributed by atoms with E-state index in [1.165, 1.54) is 16.0 Å². The second-order valence-electron chi connectivity index (χ2n) is 6.65. The van der Waals surface area contributed by atoms with Gasteiger partial charge < -0.3 is 5.32 Å². The summed E-state index contributed by atoms with van der Waals surface area (Å²) >= 11 is 1.45. The lowest BCUT2D eigenvalue weighted by Gasteiger charge is -2.17. The summed E-state index contributed by atoms with van der Waals surface area (Å²) in [5.41, 5.74) is 2.13. The van der Waals surface area contributed by atoms with Crippen LogP contribution in [-0.2, 0) is 24.2 Å². The van der Waals surface area contributed by atoms with Gasteiger partial charge in [-0.3, -0.25) is 19.6 Å². The molecule has 1 aliphatic carbocycles. The number of hydrogen-bond acceptors (Lipinski definition) is 6. The first-order valence-corrected chi connectivity index (χ1v) is 9.16. The van der Waals surface area contributed by atoms with Gasteiger partial charge in [-0.2, -0.15) is 10.4 Å². The zero-order valence-corrected chi connectivity index (χ0v) is 15.6. The highest BCUT2D eigenvalue weighted by molar-refractivity contribution is 7.16. The quantitative estimate of drug-likeness (QED) is 0.653. The summed E-state index contributed by atoms with van der Waals surface area (Å²) in [6, 6.07) is 2.21. The highest BCUT2D eigenvalue weighted by Gasteiger charge is 2.26. The van der Waals surface area contributed by atoms with Gasteiger partial charge in [0.05, 0.1) is 10.5 Å². The summed E-state index contributed by atoms with van der Waals surface area (Å²) in [6.07, 6.45) is 2.82. The Bertz CT molecular complexity index is 937. The van der Waals surface area contributed by atoms with Crippen molar-refractivity contribution in [2.45, 2.75) is 46.6 Å². The number of anilines is 1. The van der Waals surface area contributed by atoms with Crippen LogP contribution in [0.25, 0.3) is 0 Å². The van der Waals surface area contributed by atoms with Crippen molar-refractivity contribution in [1.29, 1.82) is 5.26 Å². The molecule has 0 bridgehead atoms. The number of rotatable bonds is 4. The second kappa shape index (κ2) is 6.88. The van der Waals surface area contributed by atoms with Gasteiger partial charge >= 0.3 is 5.69 Å². The fourth-order valence-corrected chi connectivity index (χ4v) is 4.74. The van der Waals surface area contributed by atoms with Crippen LogP contribution in [0.2, 0.25) is 0 Å². The van der Waals surface area contributed by atoms with Gasteiger partial charge in [0.25, 0.3) is 0 Å². The normalized spacial score (nSPS) is 16.0. The molecule has 2 heterocycles. The summed E-state index contributed by atoms with van der Waals surface area (Å²) in [7, 11) is 0. The number of thiophene rings is 1. The molecule has 26 heavy (non-hydrogen) atoms. The van der Waals surface area contributed by atoms with Crippen molar-refractivity contribution in [3.8, 4) is 6.07 Å². The molecular weight excluding hydrogens is 354 g/mol. The lowest BCUT2D eigenvalue weighted by Crippen LogP contribution is -2.20. The summed E-state index contributed by atoms with van der Waals surface area (Å²) in [4.78, 5) is 24.2. The highest BCUT2D eigenvalue weighted by Crippen LogP contribution is 2.39. The fourth-order valence-electron chi connectivity index (χ4n) is 3.36. The van der Waals surface area contributed by atoms with E-state index >= 15 is 0 Å². The number of nitriles is 1. The van der Waals surface area contributed by atoms with Gasteiger partial charge in [-0.05, 0) is 44.6 Å². The molecule has 136 valence electrons. The molecule has 1 unspecified atom stereocenters. The fraction of sp³-hybridized carbons (Fsp3) is 0.471. The standard InChI is InChI=1S/C17H19N5O3S/c1-9-4-5-12-13(7-18)17(26-14(12)6-9)19-15(23)8-21-11(3)16(22(24)25)10(2)20-21/h9H,4-6,8H2,1-3H3,(H,19,23). The maximum Gasteiger partial charge on any atom is 0.312 e. The van der Waals surface area contributed by atoms with Gasteiger partial charge in [0.2, 0.25) is 5.91 Å². The van der Waals surface area contributed by atoms with E-state index in [2.05, 4.69) is 23.4 Å². The number of aromatic nitrogens is 2. The van der Waals surface area contributed by atoms with E-state index in [1.807, 2.05) is 0 Å². The van der Waals surface area contributed by atoms with Crippen molar-refractivity contribution in [3.63, 3.8) is 0 Å². The molecule has 0 saturated carbocycles. The van der Waals surface area contributed by atoms with Crippen LogP contribution in [-0.4, -0.2) is 20.6 Å². The first kappa shape index (κ1) is 18.1. The van der Waals surface area contributed by atoms with Crippen LogP contribution in [0.3, 0.4) is 0 Å². The van der Waals surface area contributed by atoms with Crippen LogP contribution in [0.4, 0.5) is 10.7 Å². The van der Waals surface area contributed by atoms with Gasteiger partial charge in [-0.25, -0.2) is 0 Å². The molecule has 9 heteroatoms. The van der Waals surface area contributed by atoms with Crippen LogP contribution in [0.5, 0.6) is 0 Å². The van der Waals surface area contributed by atoms with E-state index in [1.54, 1.807) is 13.8 Å². The third kappa shape index (κ3) is 3.20. The molecular formula is C17H19N5O3S. The number of carbonyl (C=O) groups excluding carboxylic acids is 1. The lowest BCUT2D eigenvalue weighted by atomic mass is 9.89. The number of aryl methyl sites for hydroxylation is 1. The molecule has 0 aliphatic heterocycles. The minimum atomic E-state index is -0.492. The Kier molecular flexibility index (Phi) is 4.78. The van der Waals surface area contributed by atoms with E-state index in [0.717, 1.165) is 29.7 Å². The van der Waals surface area contributed by atoms with Crippen molar-refractivity contribution in [1.82, 2.24) is 9.78 Å². The molecule has 0 radical (unpaired) electrons. The number of amides is 1.